The molecule has 0 saturated heterocycles. The Bertz CT molecular complexity index is 717. The molecular weight excluding hydrogens is 377 g/mol. The highest BCUT2D eigenvalue weighted by molar-refractivity contribution is 14.1. The molecule has 0 saturated carbocycles. The molecule has 0 amide bonds. The van der Waals surface area contributed by atoms with Gasteiger partial charge in [0.2, 0.25) is 10.0 Å². The Labute approximate surface area is 125 Å². The fourth-order valence-corrected chi connectivity index (χ4v) is 2.73. The number of primary sulfonamides is 1. The van der Waals surface area contributed by atoms with Crippen molar-refractivity contribution in [2.45, 2.75) is 4.90 Å². The second-order valence-electron chi connectivity index (χ2n) is 3.97. The van der Waals surface area contributed by atoms with Gasteiger partial charge < -0.3 is 11.1 Å². The SMILES string of the molecule is Nc1cc(Nc2cccc(I)c2)cc(S(N)(=O)=O)c1. The van der Waals surface area contributed by atoms with Crippen LogP contribution in [0.1, 0.15) is 0 Å². The van der Waals surface area contributed by atoms with Crippen molar-refractivity contribution in [1.29, 1.82) is 0 Å². The molecular formula is C12H12IN3O2S. The van der Waals surface area contributed by atoms with Crippen LogP contribution in [0.15, 0.2) is 47.4 Å². The van der Waals surface area contributed by atoms with E-state index in [0.29, 0.717) is 11.4 Å². The van der Waals surface area contributed by atoms with Crippen LogP contribution < -0.4 is 16.2 Å². The van der Waals surface area contributed by atoms with Gasteiger partial charge in [0.1, 0.15) is 0 Å². The summed E-state index contributed by atoms with van der Waals surface area (Å²) in [4.78, 5) is -0.0133. The average molecular weight is 389 g/mol. The number of halogens is 1. The molecule has 0 bridgehead atoms. The average Bonchev–Trinajstić information content (AvgIpc) is 2.26. The third-order valence-corrected chi connectivity index (χ3v) is 3.93. The number of hydrogen-bond acceptors (Lipinski definition) is 4. The third-order valence-electron chi connectivity index (χ3n) is 2.37. The van der Waals surface area contributed by atoms with E-state index in [2.05, 4.69) is 27.9 Å². The van der Waals surface area contributed by atoms with Crippen molar-refractivity contribution in [3.05, 3.63) is 46.0 Å². The van der Waals surface area contributed by atoms with E-state index in [0.717, 1.165) is 9.26 Å². The van der Waals surface area contributed by atoms with E-state index >= 15 is 0 Å². The molecule has 0 aromatic heterocycles. The van der Waals surface area contributed by atoms with Crippen LogP contribution in [0.25, 0.3) is 0 Å². The van der Waals surface area contributed by atoms with Crippen LogP contribution in [0.2, 0.25) is 0 Å². The van der Waals surface area contributed by atoms with Crippen molar-refractivity contribution in [3.63, 3.8) is 0 Å². The number of rotatable bonds is 3. The fraction of sp³-hybridized carbons (Fsp3) is 0. The lowest BCUT2D eigenvalue weighted by Crippen LogP contribution is -2.12. The molecule has 19 heavy (non-hydrogen) atoms. The molecule has 7 heteroatoms. The summed E-state index contributed by atoms with van der Waals surface area (Å²) >= 11 is 2.19. The number of hydrogen-bond donors (Lipinski definition) is 3. The molecule has 0 aliphatic rings. The zero-order chi connectivity index (χ0) is 14.0. The lowest BCUT2D eigenvalue weighted by Gasteiger charge is -2.09. The predicted molar refractivity (Wildman–Crippen MR) is 84.7 cm³/mol. The second kappa shape index (κ2) is 5.35. The second-order valence-corrected chi connectivity index (χ2v) is 6.78. The zero-order valence-corrected chi connectivity index (χ0v) is 12.8. The van der Waals surface area contributed by atoms with Gasteiger partial charge in [0.05, 0.1) is 4.90 Å². The quantitative estimate of drug-likeness (QED) is 0.554. The molecule has 5 nitrogen and oxygen atoms in total. The summed E-state index contributed by atoms with van der Waals surface area (Å²) in [6.45, 7) is 0. The number of sulfonamides is 1. The van der Waals surface area contributed by atoms with E-state index in [1.807, 2.05) is 24.3 Å². The van der Waals surface area contributed by atoms with Crippen LogP contribution in [0.3, 0.4) is 0 Å². The summed E-state index contributed by atoms with van der Waals surface area (Å²) in [5.74, 6) is 0. The summed E-state index contributed by atoms with van der Waals surface area (Å²) in [6.07, 6.45) is 0. The summed E-state index contributed by atoms with van der Waals surface area (Å²) in [6, 6.07) is 12.1. The van der Waals surface area contributed by atoms with Gasteiger partial charge in [0, 0.05) is 20.6 Å². The molecule has 0 atom stereocenters. The van der Waals surface area contributed by atoms with Crippen molar-refractivity contribution in [3.8, 4) is 0 Å². The molecule has 0 radical (unpaired) electrons. The van der Waals surface area contributed by atoms with Crippen LogP contribution in [0.5, 0.6) is 0 Å². The topological polar surface area (TPSA) is 98.2 Å². The first-order valence-corrected chi connectivity index (χ1v) is 7.93. The summed E-state index contributed by atoms with van der Waals surface area (Å²) in [7, 11) is -3.77. The largest absolute Gasteiger partial charge is 0.399 e. The lowest BCUT2D eigenvalue weighted by atomic mass is 10.2. The highest BCUT2D eigenvalue weighted by Crippen LogP contribution is 2.23. The highest BCUT2D eigenvalue weighted by atomic mass is 127. The van der Waals surface area contributed by atoms with Gasteiger partial charge in [0.15, 0.2) is 0 Å². The van der Waals surface area contributed by atoms with Gasteiger partial charge >= 0.3 is 0 Å². The Morgan fingerprint density at radius 2 is 1.79 bits per heavy atom. The molecule has 2 aromatic rings. The summed E-state index contributed by atoms with van der Waals surface area (Å²) < 4.78 is 23.7. The molecule has 0 aliphatic carbocycles. The minimum Gasteiger partial charge on any atom is -0.399 e. The predicted octanol–water partition coefficient (Wildman–Crippen LogP) is 2.26. The molecule has 5 N–H and O–H groups in total. The van der Waals surface area contributed by atoms with Gasteiger partial charge in [0.25, 0.3) is 0 Å². The van der Waals surface area contributed by atoms with Crippen molar-refractivity contribution in [1.82, 2.24) is 0 Å². The molecule has 2 aromatic carbocycles. The minimum absolute atomic E-state index is 0.0133. The first-order chi connectivity index (χ1) is 8.84. The van der Waals surface area contributed by atoms with E-state index in [4.69, 9.17) is 10.9 Å². The van der Waals surface area contributed by atoms with Gasteiger partial charge in [-0.2, -0.15) is 0 Å². The molecule has 0 spiro atoms. The monoisotopic (exact) mass is 389 g/mol. The van der Waals surface area contributed by atoms with Gasteiger partial charge in [-0.25, -0.2) is 13.6 Å². The Kier molecular flexibility index (Phi) is 3.97. The smallest absolute Gasteiger partial charge is 0.238 e. The molecule has 2 rings (SSSR count). The maximum absolute atomic E-state index is 11.3. The number of nitrogen functional groups attached to an aromatic ring is 1. The summed E-state index contributed by atoms with van der Waals surface area (Å²) in [5.41, 5.74) is 7.43. The summed E-state index contributed by atoms with van der Waals surface area (Å²) in [5, 5.41) is 8.19. The number of benzene rings is 2. The van der Waals surface area contributed by atoms with Crippen molar-refractivity contribution in [2.75, 3.05) is 11.1 Å². The van der Waals surface area contributed by atoms with Gasteiger partial charge in [-0.3, -0.25) is 0 Å². The number of nitrogens with two attached hydrogens (primary N) is 2. The Hall–Kier alpha value is -1.32. The van der Waals surface area contributed by atoms with E-state index < -0.39 is 10.0 Å². The first kappa shape index (κ1) is 14.1. The molecule has 100 valence electrons. The van der Waals surface area contributed by atoms with Crippen molar-refractivity contribution < 1.29 is 8.42 Å². The highest BCUT2D eigenvalue weighted by Gasteiger charge is 2.10. The Balaban J connectivity index is 2.38. The number of anilines is 3. The lowest BCUT2D eigenvalue weighted by molar-refractivity contribution is 0.598. The van der Waals surface area contributed by atoms with E-state index in [1.165, 1.54) is 12.1 Å². The Morgan fingerprint density at radius 1 is 1.05 bits per heavy atom. The van der Waals surface area contributed by atoms with Crippen LogP contribution in [0.4, 0.5) is 17.1 Å². The van der Waals surface area contributed by atoms with Crippen LogP contribution in [-0.4, -0.2) is 8.42 Å². The maximum atomic E-state index is 11.3. The van der Waals surface area contributed by atoms with Crippen LogP contribution in [0, 0.1) is 3.57 Å². The van der Waals surface area contributed by atoms with E-state index in [1.54, 1.807) is 6.07 Å². The van der Waals surface area contributed by atoms with Crippen LogP contribution >= 0.6 is 22.6 Å². The molecule has 0 aliphatic heterocycles. The maximum Gasteiger partial charge on any atom is 0.238 e. The first-order valence-electron chi connectivity index (χ1n) is 5.30. The Morgan fingerprint density at radius 3 is 2.42 bits per heavy atom. The standard InChI is InChI=1S/C12H12IN3O2S/c13-8-2-1-3-10(4-8)16-11-5-9(14)6-12(7-11)19(15,17)18/h1-7,16H,14H2,(H2,15,17,18). The van der Waals surface area contributed by atoms with Crippen LogP contribution in [-0.2, 0) is 10.0 Å². The van der Waals surface area contributed by atoms with Gasteiger partial charge in [-0.15, -0.1) is 0 Å². The molecule has 0 fully saturated rings. The van der Waals surface area contributed by atoms with E-state index in [-0.39, 0.29) is 4.90 Å². The van der Waals surface area contributed by atoms with Crippen molar-refractivity contribution >= 4 is 49.7 Å². The van der Waals surface area contributed by atoms with Gasteiger partial charge in [-0.05, 0) is 59.0 Å². The molecule has 0 unspecified atom stereocenters. The van der Waals surface area contributed by atoms with Crippen molar-refractivity contribution in [2.24, 2.45) is 5.14 Å². The minimum atomic E-state index is -3.77. The normalized spacial score (nSPS) is 11.3. The number of nitrogens with one attached hydrogen (secondary N) is 1. The fourth-order valence-electron chi connectivity index (χ4n) is 1.59. The molecule has 0 heterocycles. The zero-order valence-electron chi connectivity index (χ0n) is 9.80. The third kappa shape index (κ3) is 3.82. The van der Waals surface area contributed by atoms with Gasteiger partial charge in [-0.1, -0.05) is 6.07 Å². The van der Waals surface area contributed by atoms with E-state index in [9.17, 15) is 8.42 Å².